The zero-order valence-corrected chi connectivity index (χ0v) is 15.5. The fraction of sp³-hybridized carbons (Fsp3) is 0.529. The van der Waals surface area contributed by atoms with Crippen molar-refractivity contribution in [2.45, 2.75) is 42.8 Å². The van der Waals surface area contributed by atoms with Crippen LogP contribution in [0, 0.1) is 5.92 Å². The molecular weight excluding hydrogens is 363 g/mol. The van der Waals surface area contributed by atoms with Gasteiger partial charge in [0.1, 0.15) is 5.82 Å². The van der Waals surface area contributed by atoms with Gasteiger partial charge in [-0.3, -0.25) is 4.72 Å². The Morgan fingerprint density at radius 3 is 2.50 bits per heavy atom. The van der Waals surface area contributed by atoms with Crippen molar-refractivity contribution in [1.82, 2.24) is 19.3 Å². The highest BCUT2D eigenvalue weighted by Crippen LogP contribution is 2.39. The van der Waals surface area contributed by atoms with Gasteiger partial charge in [-0.15, -0.1) is 0 Å². The molecule has 1 aliphatic carbocycles. The van der Waals surface area contributed by atoms with E-state index in [0.29, 0.717) is 18.7 Å². The molecule has 0 radical (unpaired) electrons. The second-order valence-corrected chi connectivity index (χ2v) is 7.62. The maximum atomic E-state index is 12.8. The monoisotopic (exact) mass is 385 g/mol. The summed E-state index contributed by atoms with van der Waals surface area (Å²) < 4.78 is 43.4. The maximum Gasteiger partial charge on any atom is 0.391 e. The van der Waals surface area contributed by atoms with E-state index < -0.39 is 12.1 Å². The minimum absolute atomic E-state index is 0.00799. The highest BCUT2D eigenvalue weighted by atomic mass is 32.2. The first kappa shape index (κ1) is 19.0. The number of imidazole rings is 1. The van der Waals surface area contributed by atoms with Gasteiger partial charge in [-0.05, 0) is 50.7 Å². The van der Waals surface area contributed by atoms with Gasteiger partial charge in [0, 0.05) is 35.9 Å². The Bertz CT molecular complexity index is 738. The molecule has 142 valence electrons. The summed E-state index contributed by atoms with van der Waals surface area (Å²) >= 11 is 1.45. The molecule has 2 aromatic rings. The lowest BCUT2D eigenvalue weighted by atomic mass is 9.85. The van der Waals surface area contributed by atoms with Crippen LogP contribution in [0.2, 0.25) is 0 Å². The number of nitrogens with zero attached hydrogens (tertiary/aromatic N) is 3. The van der Waals surface area contributed by atoms with Crippen LogP contribution < -0.4 is 10.0 Å². The first-order valence-corrected chi connectivity index (χ1v) is 9.33. The highest BCUT2D eigenvalue weighted by Gasteiger charge is 2.41. The maximum absolute atomic E-state index is 12.8. The number of pyridine rings is 1. The minimum Gasteiger partial charge on any atom is -0.367 e. The number of aryl methyl sites for hydroxylation is 1. The van der Waals surface area contributed by atoms with Crippen LogP contribution >= 0.6 is 11.9 Å². The third kappa shape index (κ3) is 4.50. The van der Waals surface area contributed by atoms with E-state index in [0.717, 1.165) is 16.2 Å². The van der Waals surface area contributed by atoms with Crippen LogP contribution in [0.3, 0.4) is 0 Å². The van der Waals surface area contributed by atoms with Crippen molar-refractivity contribution in [3.8, 4) is 11.3 Å². The number of nitrogens with one attached hydrogen (secondary N) is 2. The van der Waals surface area contributed by atoms with Crippen molar-refractivity contribution in [2.75, 3.05) is 12.4 Å². The van der Waals surface area contributed by atoms with Gasteiger partial charge in [-0.2, -0.15) is 13.2 Å². The van der Waals surface area contributed by atoms with Gasteiger partial charge in [-0.25, -0.2) is 9.97 Å². The Balaban J connectivity index is 1.77. The molecule has 2 aromatic heterocycles. The Hall–Kier alpha value is -1.74. The lowest BCUT2D eigenvalue weighted by molar-refractivity contribution is -0.182. The number of rotatable bonds is 5. The number of anilines is 1. The van der Waals surface area contributed by atoms with Gasteiger partial charge in [-0.1, -0.05) is 0 Å². The molecule has 0 amide bonds. The van der Waals surface area contributed by atoms with Gasteiger partial charge in [0.25, 0.3) is 0 Å². The average molecular weight is 385 g/mol. The summed E-state index contributed by atoms with van der Waals surface area (Å²) in [6.45, 7) is 0. The van der Waals surface area contributed by atoms with Crippen molar-refractivity contribution in [3.05, 3.63) is 24.8 Å². The van der Waals surface area contributed by atoms with Crippen molar-refractivity contribution in [1.29, 1.82) is 0 Å². The molecule has 9 heteroatoms. The quantitative estimate of drug-likeness (QED) is 0.754. The molecule has 5 nitrogen and oxygen atoms in total. The largest absolute Gasteiger partial charge is 0.391 e. The summed E-state index contributed by atoms with van der Waals surface area (Å²) in [6, 6.07) is 1.98. The van der Waals surface area contributed by atoms with Crippen molar-refractivity contribution < 1.29 is 13.2 Å². The molecular formula is C17H22F3N5S. The summed E-state index contributed by atoms with van der Waals surface area (Å²) in [6.07, 6.45) is 2.57. The molecule has 26 heavy (non-hydrogen) atoms. The van der Waals surface area contributed by atoms with Crippen molar-refractivity contribution >= 4 is 17.8 Å². The number of hydrogen-bond acceptors (Lipinski definition) is 5. The molecule has 1 saturated carbocycles. The van der Waals surface area contributed by atoms with E-state index in [4.69, 9.17) is 0 Å². The van der Waals surface area contributed by atoms with E-state index in [1.165, 1.54) is 11.9 Å². The average Bonchev–Trinajstić information content (AvgIpc) is 3.02. The molecule has 3 rings (SSSR count). The van der Waals surface area contributed by atoms with Crippen LogP contribution in [-0.4, -0.2) is 33.8 Å². The molecule has 0 unspecified atom stereocenters. The van der Waals surface area contributed by atoms with Crippen molar-refractivity contribution in [2.24, 2.45) is 13.0 Å². The van der Waals surface area contributed by atoms with Crippen molar-refractivity contribution in [3.63, 3.8) is 0 Å². The molecule has 2 N–H and O–H groups in total. The predicted octanol–water partition coefficient (Wildman–Crippen LogP) is 4.24. The summed E-state index contributed by atoms with van der Waals surface area (Å²) in [5.41, 5.74) is 1.63. The molecule has 0 saturated heterocycles. The van der Waals surface area contributed by atoms with E-state index in [9.17, 15) is 13.2 Å². The Morgan fingerprint density at radius 1 is 1.19 bits per heavy atom. The van der Waals surface area contributed by atoms with Gasteiger partial charge in [0.15, 0.2) is 0 Å². The van der Waals surface area contributed by atoms with Gasteiger partial charge < -0.3 is 9.88 Å². The first-order valence-electron chi connectivity index (χ1n) is 8.52. The van der Waals surface area contributed by atoms with Crippen LogP contribution in [0.15, 0.2) is 29.7 Å². The molecule has 0 bridgehead atoms. The number of aromatic nitrogens is 3. The summed E-state index contributed by atoms with van der Waals surface area (Å²) in [5.74, 6) is -0.516. The Labute approximate surface area is 154 Å². The fourth-order valence-corrected chi connectivity index (χ4v) is 3.76. The van der Waals surface area contributed by atoms with E-state index in [2.05, 4.69) is 20.0 Å². The second kappa shape index (κ2) is 7.87. The fourth-order valence-electron chi connectivity index (χ4n) is 3.24. The summed E-state index contributed by atoms with van der Waals surface area (Å²) in [4.78, 5) is 9.84. The minimum atomic E-state index is -4.09. The van der Waals surface area contributed by atoms with E-state index >= 15 is 0 Å². The van der Waals surface area contributed by atoms with E-state index in [1.807, 2.05) is 30.9 Å². The van der Waals surface area contributed by atoms with Crippen LogP contribution in [0.1, 0.15) is 25.7 Å². The predicted molar refractivity (Wildman–Crippen MR) is 96.8 cm³/mol. The van der Waals surface area contributed by atoms with Gasteiger partial charge >= 0.3 is 6.18 Å². The van der Waals surface area contributed by atoms with Crippen LogP contribution in [-0.2, 0) is 7.05 Å². The lowest BCUT2D eigenvalue weighted by Crippen LogP contribution is -2.33. The zero-order valence-electron chi connectivity index (χ0n) is 14.7. The van der Waals surface area contributed by atoms with Crippen LogP contribution in [0.5, 0.6) is 0 Å². The second-order valence-electron chi connectivity index (χ2n) is 6.53. The third-order valence-electron chi connectivity index (χ3n) is 4.59. The SMILES string of the molecule is CNSc1cnc(N[C@H]2CC[C@@H](C(F)(F)F)CC2)c(-c2cn(C)cn2)c1. The molecule has 0 aromatic carbocycles. The normalized spacial score (nSPS) is 21.0. The standard InChI is InChI=1S/C17H22F3N5S/c1-21-26-13-7-14(15-9-25(2)10-23-15)16(22-8-13)24-12-5-3-11(4-6-12)17(18,19)20/h7-12,21H,3-6H2,1-2H3,(H,22,24)/t11-,12+. The van der Waals surface area contributed by atoms with E-state index in [1.54, 1.807) is 12.5 Å². The highest BCUT2D eigenvalue weighted by molar-refractivity contribution is 7.97. The summed E-state index contributed by atoms with van der Waals surface area (Å²) in [5, 5.41) is 3.34. The van der Waals surface area contributed by atoms with E-state index in [-0.39, 0.29) is 18.9 Å². The first-order chi connectivity index (χ1) is 12.4. The topological polar surface area (TPSA) is 54.8 Å². The zero-order chi connectivity index (χ0) is 18.7. The Kier molecular flexibility index (Phi) is 5.76. The molecule has 0 aliphatic heterocycles. The van der Waals surface area contributed by atoms with Gasteiger partial charge in [0.05, 0.1) is 17.9 Å². The molecule has 2 heterocycles. The molecule has 1 fully saturated rings. The summed E-state index contributed by atoms with van der Waals surface area (Å²) in [7, 11) is 3.72. The molecule has 1 aliphatic rings. The van der Waals surface area contributed by atoms with Crippen LogP contribution in [0.4, 0.5) is 19.0 Å². The molecule has 0 spiro atoms. The smallest absolute Gasteiger partial charge is 0.367 e. The number of halogens is 3. The number of alkyl halides is 3. The lowest BCUT2D eigenvalue weighted by Gasteiger charge is -2.31. The van der Waals surface area contributed by atoms with Gasteiger partial charge in [0.2, 0.25) is 0 Å². The van der Waals surface area contributed by atoms with Crippen LogP contribution in [0.25, 0.3) is 11.3 Å². The Morgan fingerprint density at radius 2 is 1.92 bits per heavy atom. The molecule has 0 atom stereocenters. The third-order valence-corrected chi connectivity index (χ3v) is 5.26. The number of hydrogen-bond donors (Lipinski definition) is 2.